The average molecular weight is 356 g/mol. The number of carbonyl (C=O) groups is 3. The monoisotopic (exact) mass is 356 g/mol. The molecule has 0 aliphatic heterocycles. The van der Waals surface area contributed by atoms with Crippen molar-refractivity contribution in [2.24, 2.45) is 5.92 Å². The summed E-state index contributed by atoms with van der Waals surface area (Å²) in [7, 11) is 0. The van der Waals surface area contributed by atoms with Crippen molar-refractivity contribution in [3.63, 3.8) is 0 Å². The Kier molecular flexibility index (Phi) is 5.36. The van der Waals surface area contributed by atoms with E-state index in [1.807, 2.05) is 30.3 Å². The zero-order chi connectivity index (χ0) is 18.5. The standard InChI is InChI=1S/C19H20N2O5/c22-17(20-14-10-13(11-14)19(24)25)15(9-12-5-2-1-3-6-12)21-18(23)16-7-4-8-26-16/h1-8,13-15H,9-11H2,(H,20,22)(H,21,23)(H,24,25). The molecule has 1 aliphatic rings. The van der Waals surface area contributed by atoms with Crippen LogP contribution in [0.1, 0.15) is 29.0 Å². The molecule has 1 fully saturated rings. The second-order valence-corrected chi connectivity index (χ2v) is 6.41. The number of rotatable bonds is 7. The summed E-state index contributed by atoms with van der Waals surface area (Å²) in [4.78, 5) is 35.8. The van der Waals surface area contributed by atoms with Crippen LogP contribution in [0.4, 0.5) is 0 Å². The molecule has 0 spiro atoms. The van der Waals surface area contributed by atoms with Crippen LogP contribution >= 0.6 is 0 Å². The van der Waals surface area contributed by atoms with E-state index < -0.39 is 23.8 Å². The third-order valence-electron chi connectivity index (χ3n) is 4.48. The van der Waals surface area contributed by atoms with Gasteiger partial charge in [0.05, 0.1) is 12.2 Å². The van der Waals surface area contributed by atoms with Crippen LogP contribution in [0.2, 0.25) is 0 Å². The minimum absolute atomic E-state index is 0.130. The van der Waals surface area contributed by atoms with Crippen molar-refractivity contribution in [1.82, 2.24) is 10.6 Å². The van der Waals surface area contributed by atoms with Crippen LogP contribution in [0.3, 0.4) is 0 Å². The number of carboxylic acids is 1. The summed E-state index contributed by atoms with van der Waals surface area (Å²) in [6, 6.07) is 11.5. The van der Waals surface area contributed by atoms with Crippen LogP contribution in [0, 0.1) is 5.92 Å². The highest BCUT2D eigenvalue weighted by Crippen LogP contribution is 2.27. The van der Waals surface area contributed by atoms with Gasteiger partial charge < -0.3 is 20.2 Å². The lowest BCUT2D eigenvalue weighted by atomic mass is 9.80. The summed E-state index contributed by atoms with van der Waals surface area (Å²) in [6.45, 7) is 0. The number of hydrogen-bond donors (Lipinski definition) is 3. The lowest BCUT2D eigenvalue weighted by Gasteiger charge is -2.34. The van der Waals surface area contributed by atoms with E-state index >= 15 is 0 Å². The Labute approximate surface area is 150 Å². The van der Waals surface area contributed by atoms with E-state index in [1.165, 1.54) is 12.3 Å². The van der Waals surface area contributed by atoms with Gasteiger partial charge in [-0.15, -0.1) is 0 Å². The second kappa shape index (κ2) is 7.86. The van der Waals surface area contributed by atoms with Gasteiger partial charge >= 0.3 is 5.97 Å². The first kappa shape index (κ1) is 17.7. The van der Waals surface area contributed by atoms with Crippen LogP contribution in [-0.4, -0.2) is 35.0 Å². The minimum atomic E-state index is -0.845. The Morgan fingerprint density at radius 3 is 2.46 bits per heavy atom. The summed E-state index contributed by atoms with van der Waals surface area (Å²) in [6.07, 6.45) is 2.53. The fourth-order valence-electron chi connectivity index (χ4n) is 2.94. The third kappa shape index (κ3) is 4.30. The van der Waals surface area contributed by atoms with E-state index in [2.05, 4.69) is 10.6 Å². The lowest BCUT2D eigenvalue weighted by molar-refractivity contribution is -0.146. The van der Waals surface area contributed by atoms with E-state index in [9.17, 15) is 14.4 Å². The first-order valence-electron chi connectivity index (χ1n) is 8.44. The Balaban J connectivity index is 1.65. The average Bonchev–Trinajstić information content (AvgIpc) is 3.12. The maximum absolute atomic E-state index is 12.6. The van der Waals surface area contributed by atoms with E-state index in [-0.39, 0.29) is 17.7 Å². The van der Waals surface area contributed by atoms with Gasteiger partial charge in [-0.05, 0) is 30.5 Å². The van der Waals surface area contributed by atoms with Crippen molar-refractivity contribution >= 4 is 17.8 Å². The largest absolute Gasteiger partial charge is 0.481 e. The fraction of sp³-hybridized carbons (Fsp3) is 0.316. The fourth-order valence-corrected chi connectivity index (χ4v) is 2.94. The maximum Gasteiger partial charge on any atom is 0.306 e. The molecule has 26 heavy (non-hydrogen) atoms. The summed E-state index contributed by atoms with van der Waals surface area (Å²) >= 11 is 0. The molecule has 1 aliphatic carbocycles. The van der Waals surface area contributed by atoms with Crippen LogP contribution < -0.4 is 10.6 Å². The first-order valence-corrected chi connectivity index (χ1v) is 8.44. The second-order valence-electron chi connectivity index (χ2n) is 6.41. The van der Waals surface area contributed by atoms with Gasteiger partial charge in [0.15, 0.2) is 5.76 Å². The molecule has 0 radical (unpaired) electrons. The quantitative estimate of drug-likeness (QED) is 0.698. The Morgan fingerprint density at radius 2 is 1.85 bits per heavy atom. The maximum atomic E-state index is 12.6. The van der Waals surface area contributed by atoms with Crippen molar-refractivity contribution < 1.29 is 23.9 Å². The topological polar surface area (TPSA) is 109 Å². The Hall–Kier alpha value is -3.09. The molecule has 0 saturated heterocycles. The number of nitrogens with one attached hydrogen (secondary N) is 2. The SMILES string of the molecule is O=C(NC(Cc1ccccc1)C(=O)NC1CC(C(=O)O)C1)c1ccco1. The van der Waals surface area contributed by atoms with Crippen LogP contribution in [0.15, 0.2) is 53.1 Å². The highest BCUT2D eigenvalue weighted by molar-refractivity contribution is 5.95. The Morgan fingerprint density at radius 1 is 1.12 bits per heavy atom. The predicted molar refractivity (Wildman–Crippen MR) is 92.4 cm³/mol. The molecule has 0 bridgehead atoms. The van der Waals surface area contributed by atoms with Gasteiger partial charge in [0.1, 0.15) is 6.04 Å². The third-order valence-corrected chi connectivity index (χ3v) is 4.48. The summed E-state index contributed by atoms with van der Waals surface area (Å²) in [5.41, 5.74) is 0.907. The number of furan rings is 1. The van der Waals surface area contributed by atoms with Crippen molar-refractivity contribution in [2.45, 2.75) is 31.3 Å². The number of amides is 2. The number of carboxylic acid groups (broad SMARTS) is 1. The lowest BCUT2D eigenvalue weighted by Crippen LogP contribution is -2.54. The van der Waals surface area contributed by atoms with Crippen LogP contribution in [0.25, 0.3) is 0 Å². The van der Waals surface area contributed by atoms with Gasteiger partial charge in [-0.2, -0.15) is 0 Å². The van der Waals surface area contributed by atoms with Gasteiger partial charge in [0.25, 0.3) is 5.91 Å². The molecule has 1 unspecified atom stereocenters. The highest BCUT2D eigenvalue weighted by Gasteiger charge is 2.36. The molecule has 7 nitrogen and oxygen atoms in total. The van der Waals surface area contributed by atoms with E-state index in [1.54, 1.807) is 6.07 Å². The molecule has 1 saturated carbocycles. The van der Waals surface area contributed by atoms with E-state index in [4.69, 9.17) is 9.52 Å². The molecule has 1 heterocycles. The van der Waals surface area contributed by atoms with Crippen molar-refractivity contribution in [3.8, 4) is 0 Å². The summed E-state index contributed by atoms with van der Waals surface area (Å²) in [5.74, 6) is -1.93. The molecule has 7 heteroatoms. The van der Waals surface area contributed by atoms with Crippen molar-refractivity contribution in [2.75, 3.05) is 0 Å². The zero-order valence-corrected chi connectivity index (χ0v) is 14.1. The van der Waals surface area contributed by atoms with Crippen LogP contribution in [-0.2, 0) is 16.0 Å². The molecule has 3 rings (SSSR count). The first-order chi connectivity index (χ1) is 12.5. The highest BCUT2D eigenvalue weighted by atomic mass is 16.4. The molecule has 2 amide bonds. The number of benzene rings is 1. The van der Waals surface area contributed by atoms with E-state index in [0.717, 1.165) is 5.56 Å². The van der Waals surface area contributed by atoms with Gasteiger partial charge in [-0.25, -0.2) is 0 Å². The molecule has 1 aromatic carbocycles. The van der Waals surface area contributed by atoms with E-state index in [0.29, 0.717) is 19.3 Å². The van der Waals surface area contributed by atoms with Crippen molar-refractivity contribution in [3.05, 3.63) is 60.1 Å². The smallest absolute Gasteiger partial charge is 0.306 e. The van der Waals surface area contributed by atoms with Crippen molar-refractivity contribution in [1.29, 1.82) is 0 Å². The molecule has 1 aromatic heterocycles. The van der Waals surface area contributed by atoms with Gasteiger partial charge in [-0.1, -0.05) is 30.3 Å². The number of carbonyl (C=O) groups excluding carboxylic acids is 2. The number of hydrogen-bond acceptors (Lipinski definition) is 4. The summed E-state index contributed by atoms with van der Waals surface area (Å²) < 4.78 is 5.07. The molecule has 3 N–H and O–H groups in total. The van der Waals surface area contributed by atoms with Gasteiger partial charge in [0, 0.05) is 12.5 Å². The van der Waals surface area contributed by atoms with Gasteiger partial charge in [0.2, 0.25) is 5.91 Å². The normalized spacial score (nSPS) is 19.8. The van der Waals surface area contributed by atoms with Gasteiger partial charge in [-0.3, -0.25) is 14.4 Å². The number of aliphatic carboxylic acids is 1. The Bertz CT molecular complexity index is 766. The molecule has 1 atom stereocenters. The van der Waals surface area contributed by atoms with Crippen LogP contribution in [0.5, 0.6) is 0 Å². The molecule has 2 aromatic rings. The molecular formula is C19H20N2O5. The molecule has 136 valence electrons. The zero-order valence-electron chi connectivity index (χ0n) is 14.1. The minimum Gasteiger partial charge on any atom is -0.481 e. The summed E-state index contributed by atoms with van der Waals surface area (Å²) in [5, 5.41) is 14.5. The molecular weight excluding hydrogens is 336 g/mol. The predicted octanol–water partition coefficient (Wildman–Crippen LogP) is 1.60.